The number of allylic oxidation sites excluding steroid dienone is 3. The van der Waals surface area contributed by atoms with Gasteiger partial charge in [-0.3, -0.25) is 0 Å². The zero-order valence-electron chi connectivity index (χ0n) is 13.7. The van der Waals surface area contributed by atoms with Crippen molar-refractivity contribution in [2.45, 2.75) is 27.9 Å². The van der Waals surface area contributed by atoms with Gasteiger partial charge in [0.2, 0.25) is 0 Å². The van der Waals surface area contributed by atoms with E-state index in [-0.39, 0.29) is 0 Å². The van der Waals surface area contributed by atoms with Crippen molar-refractivity contribution in [3.8, 4) is 5.75 Å². The van der Waals surface area contributed by atoms with E-state index < -0.39 is 10.0 Å². The first-order valence-corrected chi connectivity index (χ1v) is 10.2. The third kappa shape index (κ3) is 2.24. The molecular formula is C21H22OS. The van der Waals surface area contributed by atoms with Gasteiger partial charge in [0.1, 0.15) is 5.75 Å². The summed E-state index contributed by atoms with van der Waals surface area (Å²) < 4.78 is 5.35. The zero-order chi connectivity index (χ0) is 15.9. The molecule has 1 nitrogen and oxygen atoms in total. The first-order chi connectivity index (χ1) is 11.2. The first kappa shape index (κ1) is 14.6. The lowest BCUT2D eigenvalue weighted by molar-refractivity contribution is 0.414. The van der Waals surface area contributed by atoms with Crippen molar-refractivity contribution in [2.75, 3.05) is 13.4 Å². The number of fused-ring (bicyclic) bond motifs is 2. The molecule has 0 radical (unpaired) electrons. The minimum atomic E-state index is -1.08. The van der Waals surface area contributed by atoms with E-state index in [0.29, 0.717) is 5.25 Å². The lowest BCUT2D eigenvalue weighted by Gasteiger charge is -2.50. The van der Waals surface area contributed by atoms with E-state index in [9.17, 15) is 0 Å². The predicted molar refractivity (Wildman–Crippen MR) is 98.8 cm³/mol. The van der Waals surface area contributed by atoms with Crippen molar-refractivity contribution in [3.05, 3.63) is 77.9 Å². The van der Waals surface area contributed by atoms with Gasteiger partial charge in [0.25, 0.3) is 0 Å². The fourth-order valence-electron chi connectivity index (χ4n) is 3.91. The van der Waals surface area contributed by atoms with Crippen LogP contribution in [0.4, 0.5) is 0 Å². The SMILES string of the molecule is COc1ccc(S2(C)c3ccccc3CC3=CC=CCC32)cc1. The van der Waals surface area contributed by atoms with E-state index >= 15 is 0 Å². The highest BCUT2D eigenvalue weighted by molar-refractivity contribution is 8.34. The molecule has 1 heterocycles. The van der Waals surface area contributed by atoms with Gasteiger partial charge in [0.05, 0.1) is 7.11 Å². The Labute approximate surface area is 140 Å². The molecule has 0 saturated heterocycles. The van der Waals surface area contributed by atoms with Crippen LogP contribution in [0.25, 0.3) is 0 Å². The van der Waals surface area contributed by atoms with Gasteiger partial charge in [-0.2, -0.15) is 10.0 Å². The molecule has 23 heavy (non-hydrogen) atoms. The summed E-state index contributed by atoms with van der Waals surface area (Å²) in [6.07, 6.45) is 11.6. The Morgan fingerprint density at radius 1 is 1.04 bits per heavy atom. The van der Waals surface area contributed by atoms with E-state index in [1.54, 1.807) is 17.6 Å². The van der Waals surface area contributed by atoms with Gasteiger partial charge in [0.15, 0.2) is 0 Å². The molecule has 0 bridgehead atoms. The highest BCUT2D eigenvalue weighted by atomic mass is 32.3. The molecule has 0 saturated carbocycles. The van der Waals surface area contributed by atoms with Crippen LogP contribution >= 0.6 is 10.0 Å². The van der Waals surface area contributed by atoms with Crippen LogP contribution in [0.5, 0.6) is 5.75 Å². The van der Waals surface area contributed by atoms with Gasteiger partial charge in [-0.25, -0.2) is 0 Å². The Balaban J connectivity index is 1.92. The molecule has 2 aliphatic rings. The molecule has 2 aromatic carbocycles. The van der Waals surface area contributed by atoms with Crippen LogP contribution in [-0.4, -0.2) is 18.6 Å². The Morgan fingerprint density at radius 3 is 2.61 bits per heavy atom. The molecule has 2 atom stereocenters. The molecule has 0 N–H and O–H groups in total. The molecule has 0 amide bonds. The van der Waals surface area contributed by atoms with Crippen molar-refractivity contribution in [1.82, 2.24) is 0 Å². The van der Waals surface area contributed by atoms with Crippen LogP contribution in [0.1, 0.15) is 12.0 Å². The first-order valence-electron chi connectivity index (χ1n) is 8.08. The predicted octanol–water partition coefficient (Wildman–Crippen LogP) is 5.36. The van der Waals surface area contributed by atoms with E-state index in [2.05, 4.69) is 73.0 Å². The van der Waals surface area contributed by atoms with Crippen molar-refractivity contribution < 1.29 is 4.74 Å². The van der Waals surface area contributed by atoms with Gasteiger partial charge >= 0.3 is 0 Å². The molecule has 0 aromatic heterocycles. The zero-order valence-corrected chi connectivity index (χ0v) is 14.5. The average molecular weight is 322 g/mol. The summed E-state index contributed by atoms with van der Waals surface area (Å²) in [6, 6.07) is 17.8. The average Bonchev–Trinajstić information content (AvgIpc) is 2.62. The summed E-state index contributed by atoms with van der Waals surface area (Å²) in [5.74, 6) is 0.931. The summed E-state index contributed by atoms with van der Waals surface area (Å²) >= 11 is 0. The van der Waals surface area contributed by atoms with Crippen LogP contribution in [-0.2, 0) is 6.42 Å². The highest BCUT2D eigenvalue weighted by Crippen LogP contribution is 2.69. The molecule has 4 rings (SSSR count). The number of ether oxygens (including phenoxy) is 1. The minimum Gasteiger partial charge on any atom is -0.497 e. The molecule has 0 spiro atoms. The molecule has 0 fully saturated rings. The molecule has 1 aliphatic carbocycles. The summed E-state index contributed by atoms with van der Waals surface area (Å²) in [5.41, 5.74) is 3.10. The van der Waals surface area contributed by atoms with E-state index in [1.807, 2.05) is 0 Å². The van der Waals surface area contributed by atoms with Crippen molar-refractivity contribution in [1.29, 1.82) is 0 Å². The molecule has 118 valence electrons. The second-order valence-electron chi connectivity index (χ2n) is 6.34. The largest absolute Gasteiger partial charge is 0.497 e. The Hall–Kier alpha value is -1.93. The molecule has 2 heteroatoms. The van der Waals surface area contributed by atoms with Gasteiger partial charge in [-0.05, 0) is 64.8 Å². The standard InChI is InChI=1S/C21H22OS/c1-22-18-11-13-19(14-12-18)23(2)20-9-5-3-7-16(20)15-17-8-4-6-10-21(17)23/h3-9,11-14,21H,10,15H2,1-2H3. The number of rotatable bonds is 2. The van der Waals surface area contributed by atoms with Gasteiger partial charge in [-0.1, -0.05) is 42.0 Å². The van der Waals surface area contributed by atoms with Crippen LogP contribution in [0.15, 0.2) is 82.1 Å². The van der Waals surface area contributed by atoms with Gasteiger partial charge in [0, 0.05) is 5.25 Å². The van der Waals surface area contributed by atoms with Gasteiger partial charge in [-0.15, -0.1) is 0 Å². The third-order valence-corrected chi connectivity index (χ3v) is 9.35. The highest BCUT2D eigenvalue weighted by Gasteiger charge is 2.39. The van der Waals surface area contributed by atoms with Crippen molar-refractivity contribution in [3.63, 3.8) is 0 Å². The maximum Gasteiger partial charge on any atom is 0.118 e. The summed E-state index contributed by atoms with van der Waals surface area (Å²) in [4.78, 5) is 3.01. The molecule has 2 unspecified atom stereocenters. The van der Waals surface area contributed by atoms with E-state index in [1.165, 1.54) is 10.5 Å². The minimum absolute atomic E-state index is 0.621. The smallest absolute Gasteiger partial charge is 0.118 e. The summed E-state index contributed by atoms with van der Waals surface area (Å²) in [7, 11) is 0.649. The van der Waals surface area contributed by atoms with E-state index in [4.69, 9.17) is 4.74 Å². The maximum absolute atomic E-state index is 5.35. The van der Waals surface area contributed by atoms with Crippen LogP contribution in [0, 0.1) is 0 Å². The van der Waals surface area contributed by atoms with Crippen LogP contribution in [0.2, 0.25) is 0 Å². The molecular weight excluding hydrogens is 300 g/mol. The van der Waals surface area contributed by atoms with E-state index in [0.717, 1.165) is 18.6 Å². The second kappa shape index (κ2) is 5.61. The van der Waals surface area contributed by atoms with Gasteiger partial charge < -0.3 is 4.74 Å². The Kier molecular flexibility index (Phi) is 3.57. The van der Waals surface area contributed by atoms with Crippen LogP contribution < -0.4 is 4.74 Å². The summed E-state index contributed by atoms with van der Waals surface area (Å²) in [5, 5.41) is 0.621. The fourth-order valence-corrected chi connectivity index (χ4v) is 7.81. The molecule has 1 aliphatic heterocycles. The van der Waals surface area contributed by atoms with Crippen molar-refractivity contribution in [2.24, 2.45) is 0 Å². The maximum atomic E-state index is 5.35. The normalized spacial score (nSPS) is 28.1. The number of methoxy groups -OCH3 is 1. The number of hydrogen-bond acceptors (Lipinski definition) is 1. The number of hydrogen-bond donors (Lipinski definition) is 0. The molecule has 2 aromatic rings. The Bertz CT molecular complexity index is 788. The summed E-state index contributed by atoms with van der Waals surface area (Å²) in [6.45, 7) is 0. The monoisotopic (exact) mass is 322 g/mol. The second-order valence-corrected chi connectivity index (χ2v) is 9.78. The van der Waals surface area contributed by atoms with Crippen molar-refractivity contribution >= 4 is 10.0 Å². The quantitative estimate of drug-likeness (QED) is 0.723. The van der Waals surface area contributed by atoms with Crippen LogP contribution in [0.3, 0.4) is 0 Å². The lowest BCUT2D eigenvalue weighted by Crippen LogP contribution is -2.28. The lowest BCUT2D eigenvalue weighted by atomic mass is 9.96. The third-order valence-electron chi connectivity index (χ3n) is 5.15. The number of benzene rings is 2. The fraction of sp³-hybridized carbons (Fsp3) is 0.238. The Morgan fingerprint density at radius 2 is 1.83 bits per heavy atom. The topological polar surface area (TPSA) is 9.23 Å².